The van der Waals surface area contributed by atoms with Crippen molar-refractivity contribution in [3.8, 4) is 17.1 Å². The van der Waals surface area contributed by atoms with E-state index >= 15 is 0 Å². The molecule has 0 aliphatic rings. The fourth-order valence-corrected chi connectivity index (χ4v) is 3.32. The molecule has 4 rings (SSSR count). The van der Waals surface area contributed by atoms with Gasteiger partial charge < -0.3 is 25.1 Å². The van der Waals surface area contributed by atoms with Crippen LogP contribution in [0.1, 0.15) is 0 Å². The highest BCUT2D eigenvalue weighted by molar-refractivity contribution is 6.31. The van der Waals surface area contributed by atoms with Gasteiger partial charge in [0.05, 0.1) is 10.4 Å². The van der Waals surface area contributed by atoms with Gasteiger partial charge in [-0.05, 0) is 32.3 Å². The minimum absolute atomic E-state index is 0.00993. The van der Waals surface area contributed by atoms with Gasteiger partial charge >= 0.3 is 0 Å². The third kappa shape index (κ3) is 4.57. The van der Waals surface area contributed by atoms with Crippen LogP contribution < -0.4 is 15.8 Å². The third-order valence-electron chi connectivity index (χ3n) is 4.70. The van der Waals surface area contributed by atoms with Crippen LogP contribution in [-0.4, -0.2) is 37.1 Å². The molecule has 0 saturated heterocycles. The van der Waals surface area contributed by atoms with E-state index in [2.05, 4.69) is 10.3 Å². The summed E-state index contributed by atoms with van der Waals surface area (Å²) in [5.74, 6) is 0.137. The summed E-state index contributed by atoms with van der Waals surface area (Å²) in [4.78, 5) is 6.69. The number of benzene rings is 2. The molecular formula is C23H22ClFN4O2. The van der Waals surface area contributed by atoms with E-state index in [-0.39, 0.29) is 10.9 Å². The van der Waals surface area contributed by atoms with E-state index < -0.39 is 5.82 Å². The summed E-state index contributed by atoms with van der Waals surface area (Å²) in [6.07, 6.45) is 0. The van der Waals surface area contributed by atoms with E-state index in [1.807, 2.05) is 49.3 Å². The monoisotopic (exact) mass is 440 g/mol. The Kier molecular flexibility index (Phi) is 5.97. The molecule has 0 unspecified atom stereocenters. The summed E-state index contributed by atoms with van der Waals surface area (Å²) in [6.45, 7) is 1.22. The van der Waals surface area contributed by atoms with Gasteiger partial charge in [-0.2, -0.15) is 0 Å². The highest BCUT2D eigenvalue weighted by atomic mass is 35.5. The van der Waals surface area contributed by atoms with Gasteiger partial charge in [-0.3, -0.25) is 0 Å². The number of anilines is 3. The molecular weight excluding hydrogens is 419 g/mol. The largest absolute Gasteiger partial charge is 0.476 e. The summed E-state index contributed by atoms with van der Waals surface area (Å²) in [5, 5.41) is 3.89. The highest BCUT2D eigenvalue weighted by Gasteiger charge is 2.20. The Morgan fingerprint density at radius 2 is 1.94 bits per heavy atom. The number of aromatic nitrogens is 1. The van der Waals surface area contributed by atoms with Crippen molar-refractivity contribution in [2.24, 2.45) is 0 Å². The highest BCUT2D eigenvalue weighted by Crippen LogP contribution is 2.41. The molecule has 3 N–H and O–H groups in total. The normalized spacial score (nSPS) is 11.3. The van der Waals surface area contributed by atoms with Crippen molar-refractivity contribution < 1.29 is 13.5 Å². The first kappa shape index (κ1) is 21.0. The summed E-state index contributed by atoms with van der Waals surface area (Å²) < 4.78 is 25.3. The summed E-state index contributed by atoms with van der Waals surface area (Å²) in [7, 11) is 3.95. The zero-order chi connectivity index (χ0) is 22.0. The lowest BCUT2D eigenvalue weighted by Crippen LogP contribution is -2.19. The average Bonchev–Trinajstić information content (AvgIpc) is 3.06. The number of nitrogens with two attached hydrogens (primary N) is 1. The Morgan fingerprint density at radius 3 is 2.65 bits per heavy atom. The average molecular weight is 441 g/mol. The van der Waals surface area contributed by atoms with Crippen molar-refractivity contribution in [1.82, 2.24) is 9.88 Å². The Morgan fingerprint density at radius 1 is 1.16 bits per heavy atom. The van der Waals surface area contributed by atoms with Gasteiger partial charge in [0.25, 0.3) is 0 Å². The quantitative estimate of drug-likeness (QED) is 0.392. The number of furan rings is 1. The predicted molar refractivity (Wildman–Crippen MR) is 123 cm³/mol. The zero-order valence-electron chi connectivity index (χ0n) is 17.2. The summed E-state index contributed by atoms with van der Waals surface area (Å²) in [5.41, 5.74) is 9.33. The fraction of sp³-hybridized carbons (Fsp3) is 0.174. The molecule has 8 heteroatoms. The van der Waals surface area contributed by atoms with Gasteiger partial charge in [0, 0.05) is 23.9 Å². The first-order chi connectivity index (χ1) is 14.9. The number of nitrogens with one attached hydrogen (secondary N) is 1. The molecule has 0 spiro atoms. The van der Waals surface area contributed by atoms with E-state index in [1.54, 1.807) is 12.1 Å². The van der Waals surface area contributed by atoms with E-state index in [0.29, 0.717) is 40.5 Å². The molecule has 2 heterocycles. The molecule has 0 atom stereocenters. The lowest BCUT2D eigenvalue weighted by Gasteiger charge is -2.12. The topological polar surface area (TPSA) is 76.5 Å². The molecule has 0 bridgehead atoms. The maximum atomic E-state index is 13.5. The molecule has 0 aliphatic heterocycles. The zero-order valence-corrected chi connectivity index (χ0v) is 17.9. The first-order valence-electron chi connectivity index (χ1n) is 9.70. The van der Waals surface area contributed by atoms with Gasteiger partial charge in [0.1, 0.15) is 23.8 Å². The second-order valence-electron chi connectivity index (χ2n) is 7.30. The molecule has 4 aromatic rings. The van der Waals surface area contributed by atoms with Crippen molar-refractivity contribution in [1.29, 1.82) is 0 Å². The standard InChI is InChI=1S/C23H22ClFN4O2/c1-29(2)10-11-30-19-13-16-21(27-15-8-9-18(25)17(24)12-15)23(26)31-22(16)20(28-19)14-6-4-3-5-7-14/h3-9,12-13,27H,10-11,26H2,1-2H3. The second-order valence-corrected chi connectivity index (χ2v) is 7.71. The van der Waals surface area contributed by atoms with E-state index in [1.165, 1.54) is 12.1 Å². The maximum Gasteiger partial charge on any atom is 0.215 e. The molecule has 0 radical (unpaired) electrons. The van der Waals surface area contributed by atoms with Crippen molar-refractivity contribution in [3.05, 3.63) is 65.4 Å². The Hall–Kier alpha value is -3.29. The SMILES string of the molecule is CN(C)CCOc1cc2c(Nc3ccc(F)c(Cl)c3)c(N)oc2c(-c2ccccc2)n1. The molecule has 0 amide bonds. The number of halogens is 2. The van der Waals surface area contributed by atoms with Gasteiger partial charge in [-0.25, -0.2) is 9.37 Å². The number of nitrogen functional groups attached to an aromatic ring is 1. The van der Waals surface area contributed by atoms with Crippen LogP contribution in [0.3, 0.4) is 0 Å². The van der Waals surface area contributed by atoms with Gasteiger partial charge in [0.2, 0.25) is 11.8 Å². The van der Waals surface area contributed by atoms with E-state index in [4.69, 9.17) is 26.5 Å². The lowest BCUT2D eigenvalue weighted by molar-refractivity contribution is 0.254. The first-order valence-corrected chi connectivity index (χ1v) is 10.1. The van der Waals surface area contributed by atoms with Crippen molar-refractivity contribution in [2.45, 2.75) is 0 Å². The second kappa shape index (κ2) is 8.83. The molecule has 0 fully saturated rings. The number of hydrogen-bond donors (Lipinski definition) is 2. The van der Waals surface area contributed by atoms with Crippen LogP contribution in [0.4, 0.5) is 21.6 Å². The minimum atomic E-state index is -0.496. The number of ether oxygens (including phenoxy) is 1. The maximum absolute atomic E-state index is 13.5. The number of rotatable bonds is 7. The van der Waals surface area contributed by atoms with Crippen LogP contribution in [0.2, 0.25) is 5.02 Å². The van der Waals surface area contributed by atoms with Gasteiger partial charge in [-0.1, -0.05) is 41.9 Å². The lowest BCUT2D eigenvalue weighted by atomic mass is 10.1. The number of nitrogens with zero attached hydrogens (tertiary/aromatic N) is 2. The van der Waals surface area contributed by atoms with Crippen molar-refractivity contribution >= 4 is 39.8 Å². The van der Waals surface area contributed by atoms with Crippen LogP contribution in [0, 0.1) is 5.82 Å². The van der Waals surface area contributed by atoms with Crippen LogP contribution in [0.5, 0.6) is 5.88 Å². The van der Waals surface area contributed by atoms with Crippen molar-refractivity contribution in [3.63, 3.8) is 0 Å². The summed E-state index contributed by atoms with van der Waals surface area (Å²) >= 11 is 5.92. The van der Waals surface area contributed by atoms with Crippen molar-refractivity contribution in [2.75, 3.05) is 38.3 Å². The smallest absolute Gasteiger partial charge is 0.215 e. The van der Waals surface area contributed by atoms with Crippen LogP contribution >= 0.6 is 11.6 Å². The molecule has 6 nitrogen and oxygen atoms in total. The number of fused-ring (bicyclic) bond motifs is 1. The fourth-order valence-electron chi connectivity index (χ4n) is 3.14. The molecule has 2 aromatic heterocycles. The number of likely N-dealkylation sites (N-methyl/N-ethyl adjacent to an activating group) is 1. The van der Waals surface area contributed by atoms with Crippen LogP contribution in [0.15, 0.2) is 59.0 Å². The number of hydrogen-bond acceptors (Lipinski definition) is 6. The molecule has 160 valence electrons. The number of pyridine rings is 1. The van der Waals surface area contributed by atoms with Crippen LogP contribution in [0.25, 0.3) is 22.2 Å². The molecule has 0 saturated carbocycles. The Labute approximate surface area is 184 Å². The minimum Gasteiger partial charge on any atom is -0.476 e. The van der Waals surface area contributed by atoms with Gasteiger partial charge in [0.15, 0.2) is 5.58 Å². The summed E-state index contributed by atoms with van der Waals surface area (Å²) in [6, 6.07) is 15.8. The Bertz CT molecular complexity index is 1210. The van der Waals surface area contributed by atoms with Gasteiger partial charge in [-0.15, -0.1) is 0 Å². The Balaban J connectivity index is 1.81. The third-order valence-corrected chi connectivity index (χ3v) is 4.99. The predicted octanol–water partition coefficient (Wildman–Crippen LogP) is 5.55. The molecule has 31 heavy (non-hydrogen) atoms. The molecule has 2 aromatic carbocycles. The van der Waals surface area contributed by atoms with E-state index in [0.717, 1.165) is 12.1 Å². The van der Waals surface area contributed by atoms with Crippen LogP contribution in [-0.2, 0) is 0 Å². The van der Waals surface area contributed by atoms with E-state index in [9.17, 15) is 4.39 Å². The molecule has 0 aliphatic carbocycles.